The van der Waals surface area contributed by atoms with Gasteiger partial charge in [0.1, 0.15) is 5.82 Å². The predicted molar refractivity (Wildman–Crippen MR) is 66.6 cm³/mol. The van der Waals surface area contributed by atoms with Crippen LogP contribution in [0.15, 0.2) is 42.6 Å². The van der Waals surface area contributed by atoms with Crippen molar-refractivity contribution in [2.24, 2.45) is 5.73 Å². The zero-order chi connectivity index (χ0) is 12.1. The third-order valence-corrected chi connectivity index (χ3v) is 2.32. The van der Waals surface area contributed by atoms with Crippen LogP contribution in [0.4, 0.5) is 11.5 Å². The molecule has 84 valence electrons. The van der Waals surface area contributed by atoms with E-state index in [9.17, 15) is 0 Å². The fraction of sp³-hybridized carbons (Fsp3) is 0.0769. The van der Waals surface area contributed by atoms with Crippen molar-refractivity contribution in [2.45, 2.75) is 6.54 Å². The molecule has 1 aromatic heterocycles. The molecule has 4 heteroatoms. The summed E-state index contributed by atoms with van der Waals surface area (Å²) in [5, 5.41) is 11.9. The van der Waals surface area contributed by atoms with Gasteiger partial charge in [0.05, 0.1) is 11.6 Å². The molecular formula is C13H12N4. The Morgan fingerprint density at radius 1 is 1.29 bits per heavy atom. The van der Waals surface area contributed by atoms with Crippen LogP contribution in [0, 0.1) is 11.3 Å². The van der Waals surface area contributed by atoms with E-state index in [4.69, 9.17) is 11.0 Å². The highest BCUT2D eigenvalue weighted by atomic mass is 15.0. The van der Waals surface area contributed by atoms with Crippen LogP contribution < -0.4 is 11.1 Å². The zero-order valence-electron chi connectivity index (χ0n) is 9.22. The molecule has 2 aromatic rings. The minimum absolute atomic E-state index is 0.501. The molecule has 1 aromatic carbocycles. The Hall–Kier alpha value is -2.38. The van der Waals surface area contributed by atoms with Gasteiger partial charge in [-0.25, -0.2) is 4.98 Å². The predicted octanol–water partition coefficient (Wildman–Crippen LogP) is 2.16. The Kier molecular flexibility index (Phi) is 3.34. The Balaban J connectivity index is 2.22. The van der Waals surface area contributed by atoms with Gasteiger partial charge in [-0.15, -0.1) is 0 Å². The third kappa shape index (κ3) is 2.80. The number of nitriles is 1. The summed E-state index contributed by atoms with van der Waals surface area (Å²) in [7, 11) is 0. The van der Waals surface area contributed by atoms with Crippen molar-refractivity contribution in [2.75, 3.05) is 5.32 Å². The van der Waals surface area contributed by atoms with Crippen LogP contribution in [0.2, 0.25) is 0 Å². The van der Waals surface area contributed by atoms with Crippen LogP contribution in [0.3, 0.4) is 0 Å². The number of hydrogen-bond acceptors (Lipinski definition) is 4. The number of rotatable bonds is 3. The third-order valence-electron chi connectivity index (χ3n) is 2.32. The van der Waals surface area contributed by atoms with Crippen LogP contribution >= 0.6 is 0 Å². The number of nitrogens with zero attached hydrogens (tertiary/aromatic N) is 2. The monoisotopic (exact) mass is 224 g/mol. The summed E-state index contributed by atoms with van der Waals surface area (Å²) in [5.74, 6) is 0.651. The Morgan fingerprint density at radius 2 is 2.18 bits per heavy atom. The van der Waals surface area contributed by atoms with Crippen molar-refractivity contribution in [3.63, 3.8) is 0 Å². The van der Waals surface area contributed by atoms with Crippen LogP contribution in [-0.4, -0.2) is 4.98 Å². The Labute approximate surface area is 99.7 Å². The Morgan fingerprint density at radius 3 is 2.94 bits per heavy atom. The summed E-state index contributed by atoms with van der Waals surface area (Å²) in [6.45, 7) is 0.501. The second kappa shape index (κ2) is 5.10. The highest BCUT2D eigenvalue weighted by Crippen LogP contribution is 2.16. The quantitative estimate of drug-likeness (QED) is 0.837. The van der Waals surface area contributed by atoms with Gasteiger partial charge in [0.2, 0.25) is 0 Å². The average molecular weight is 224 g/mol. The number of nitrogens with two attached hydrogens (primary N) is 1. The van der Waals surface area contributed by atoms with Crippen LogP contribution in [-0.2, 0) is 6.54 Å². The van der Waals surface area contributed by atoms with E-state index in [0.29, 0.717) is 17.9 Å². The smallest absolute Gasteiger partial charge is 0.131 e. The van der Waals surface area contributed by atoms with E-state index in [2.05, 4.69) is 16.4 Å². The number of pyridine rings is 1. The first-order chi connectivity index (χ1) is 8.31. The molecule has 0 aliphatic rings. The van der Waals surface area contributed by atoms with E-state index in [1.165, 1.54) is 0 Å². The number of hydrogen-bond donors (Lipinski definition) is 2. The molecule has 4 nitrogen and oxygen atoms in total. The molecule has 0 amide bonds. The Bertz CT molecular complexity index is 557. The first kappa shape index (κ1) is 11.1. The molecule has 0 aliphatic heterocycles. The molecule has 0 atom stereocenters. The van der Waals surface area contributed by atoms with Gasteiger partial charge >= 0.3 is 0 Å². The summed E-state index contributed by atoms with van der Waals surface area (Å²) in [6, 6.07) is 13.2. The molecule has 0 saturated heterocycles. The van der Waals surface area contributed by atoms with Gasteiger partial charge in [-0.05, 0) is 29.8 Å². The van der Waals surface area contributed by atoms with Gasteiger partial charge < -0.3 is 11.1 Å². The summed E-state index contributed by atoms with van der Waals surface area (Å²) in [4.78, 5) is 4.14. The number of nitrogens with one attached hydrogen (secondary N) is 1. The van der Waals surface area contributed by atoms with Gasteiger partial charge in [-0.2, -0.15) is 5.26 Å². The summed E-state index contributed by atoms with van der Waals surface area (Å²) in [6.07, 6.45) is 1.60. The fourth-order valence-electron chi connectivity index (χ4n) is 1.49. The summed E-state index contributed by atoms with van der Waals surface area (Å²) < 4.78 is 0. The first-order valence-electron chi connectivity index (χ1n) is 5.24. The van der Waals surface area contributed by atoms with Crippen molar-refractivity contribution in [3.8, 4) is 6.07 Å². The number of aromatic nitrogens is 1. The topological polar surface area (TPSA) is 74.7 Å². The van der Waals surface area contributed by atoms with E-state index in [-0.39, 0.29) is 0 Å². The molecule has 3 N–H and O–H groups in total. The second-order valence-corrected chi connectivity index (χ2v) is 3.57. The minimum atomic E-state index is 0.501. The second-order valence-electron chi connectivity index (χ2n) is 3.57. The van der Waals surface area contributed by atoms with Crippen LogP contribution in [0.5, 0.6) is 0 Å². The first-order valence-corrected chi connectivity index (χ1v) is 5.24. The molecular weight excluding hydrogens is 212 g/mol. The maximum atomic E-state index is 8.79. The lowest BCUT2D eigenvalue weighted by Gasteiger charge is -2.06. The molecule has 17 heavy (non-hydrogen) atoms. The fourth-order valence-corrected chi connectivity index (χ4v) is 1.49. The van der Waals surface area contributed by atoms with Crippen molar-refractivity contribution < 1.29 is 0 Å². The number of benzene rings is 1. The van der Waals surface area contributed by atoms with Crippen molar-refractivity contribution >= 4 is 11.5 Å². The molecule has 0 aliphatic carbocycles. The van der Waals surface area contributed by atoms with E-state index < -0.39 is 0 Å². The maximum absolute atomic E-state index is 8.79. The highest BCUT2D eigenvalue weighted by Gasteiger charge is 1.98. The van der Waals surface area contributed by atoms with Gasteiger partial charge in [-0.1, -0.05) is 12.1 Å². The van der Waals surface area contributed by atoms with E-state index in [0.717, 1.165) is 11.3 Å². The van der Waals surface area contributed by atoms with Crippen LogP contribution in [0.25, 0.3) is 0 Å². The lowest BCUT2D eigenvalue weighted by Crippen LogP contribution is -1.98. The summed E-state index contributed by atoms with van der Waals surface area (Å²) in [5.41, 5.74) is 8.11. The van der Waals surface area contributed by atoms with Crippen molar-refractivity contribution in [1.29, 1.82) is 5.26 Å². The standard InChI is InChI=1S/C13H12N4/c14-8-10-2-1-3-12(6-10)17-13-7-11(9-15)4-5-16-13/h1-7H,8,14H2,(H,16,17). The molecule has 0 fully saturated rings. The van der Waals surface area contributed by atoms with Gasteiger partial charge in [0, 0.05) is 18.4 Å². The molecule has 0 radical (unpaired) electrons. The zero-order valence-corrected chi connectivity index (χ0v) is 9.22. The van der Waals surface area contributed by atoms with Gasteiger partial charge in [0.25, 0.3) is 0 Å². The van der Waals surface area contributed by atoms with Crippen molar-refractivity contribution in [1.82, 2.24) is 4.98 Å². The van der Waals surface area contributed by atoms with Crippen molar-refractivity contribution in [3.05, 3.63) is 53.7 Å². The minimum Gasteiger partial charge on any atom is -0.340 e. The molecule has 0 spiro atoms. The maximum Gasteiger partial charge on any atom is 0.131 e. The highest BCUT2D eigenvalue weighted by molar-refractivity contribution is 5.58. The molecule has 2 rings (SSSR count). The largest absolute Gasteiger partial charge is 0.340 e. The normalized spacial score (nSPS) is 9.65. The SMILES string of the molecule is N#Cc1ccnc(Nc2cccc(CN)c2)c1. The summed E-state index contributed by atoms with van der Waals surface area (Å²) >= 11 is 0. The lowest BCUT2D eigenvalue weighted by molar-refractivity contribution is 1.07. The van der Waals surface area contributed by atoms with E-state index in [1.54, 1.807) is 18.3 Å². The molecule has 0 bridgehead atoms. The van der Waals surface area contributed by atoms with Gasteiger partial charge in [-0.3, -0.25) is 0 Å². The van der Waals surface area contributed by atoms with E-state index >= 15 is 0 Å². The van der Waals surface area contributed by atoms with E-state index in [1.807, 2.05) is 24.3 Å². The average Bonchev–Trinajstić information content (AvgIpc) is 2.39. The van der Waals surface area contributed by atoms with Crippen LogP contribution in [0.1, 0.15) is 11.1 Å². The molecule has 1 heterocycles. The van der Waals surface area contributed by atoms with Gasteiger partial charge in [0.15, 0.2) is 0 Å². The molecule has 0 unspecified atom stereocenters. The number of anilines is 2. The molecule has 0 saturated carbocycles. The lowest BCUT2D eigenvalue weighted by atomic mass is 10.2.